The van der Waals surface area contributed by atoms with Gasteiger partial charge in [0.1, 0.15) is 0 Å². The van der Waals surface area contributed by atoms with E-state index in [0.29, 0.717) is 20.6 Å². The van der Waals surface area contributed by atoms with Crippen LogP contribution in [-0.2, 0) is 21.1 Å². The van der Waals surface area contributed by atoms with E-state index in [4.69, 9.17) is 0 Å². The van der Waals surface area contributed by atoms with Crippen LogP contribution in [0.1, 0.15) is 83.1 Å². The molecule has 0 fully saturated rings. The zero-order valence-corrected chi connectivity index (χ0v) is 22.5. The molecule has 0 heterocycles. The van der Waals surface area contributed by atoms with Gasteiger partial charge in [-0.2, -0.15) is 0 Å². The molecule has 0 saturated carbocycles. The summed E-state index contributed by atoms with van der Waals surface area (Å²) in [7, 11) is -1.26. The summed E-state index contributed by atoms with van der Waals surface area (Å²) in [4.78, 5) is 0. The predicted octanol–water partition coefficient (Wildman–Crippen LogP) is 7.65. The fraction of sp³-hybridized carbons (Fsp3) is 0.800. The molecule has 0 amide bonds. The zero-order valence-electron chi connectivity index (χ0n) is 18.1. The van der Waals surface area contributed by atoms with Crippen LogP contribution in [0.2, 0.25) is 0 Å². The summed E-state index contributed by atoms with van der Waals surface area (Å²) in [5.74, 6) is 4.77. The standard InChI is InChI=1S/C20H40NP2.Pt.H/c1-17(2,3)22(18(4,5)6)15-13-21-14-16-23(19(7,8)9)20(10,11)12;;/h13-16H,1-12H3;;/q-1;+1;/p+2/b15-13-,16-14-;;. The van der Waals surface area contributed by atoms with Gasteiger partial charge in [-0.05, 0) is 83.1 Å². The Bertz CT molecular complexity index is 347. The van der Waals surface area contributed by atoms with E-state index in [0.717, 1.165) is 0 Å². The Hall–Kier alpha value is 0.828. The second-order valence-electron chi connectivity index (χ2n) is 10.6. The number of rotatable bonds is 4. The Morgan fingerprint density at radius 1 is 0.500 bits per heavy atom. The molecular weight excluding hydrogens is 511 g/mol. The van der Waals surface area contributed by atoms with Gasteiger partial charge in [-0.3, -0.25) is 0 Å². The minimum absolute atomic E-state index is 0. The fourth-order valence-corrected chi connectivity index (χ4v) is 10.5. The van der Waals surface area contributed by atoms with Crippen molar-refractivity contribution < 1.29 is 21.1 Å². The average Bonchev–Trinajstić information content (AvgIpc) is 2.19. The van der Waals surface area contributed by atoms with Gasteiger partial charge in [0.15, 0.2) is 0 Å². The van der Waals surface area contributed by atoms with Gasteiger partial charge in [0.2, 0.25) is 0 Å². The van der Waals surface area contributed by atoms with Crippen LogP contribution in [0.5, 0.6) is 0 Å². The van der Waals surface area contributed by atoms with Crippen molar-refractivity contribution in [1.82, 2.24) is 0 Å². The Kier molecular flexibility index (Phi) is 10.9. The van der Waals surface area contributed by atoms with Crippen molar-refractivity contribution in [2.24, 2.45) is 0 Å². The van der Waals surface area contributed by atoms with Crippen molar-refractivity contribution in [2.45, 2.75) is 104 Å². The molecule has 4 heteroatoms. The molecule has 0 unspecified atom stereocenters. The van der Waals surface area contributed by atoms with Crippen molar-refractivity contribution in [2.75, 3.05) is 0 Å². The first-order chi connectivity index (χ1) is 9.97. The first kappa shape index (κ1) is 27.1. The normalized spacial score (nSPS) is 14.8. The maximum atomic E-state index is 4.59. The monoisotopic (exact) mass is 554 g/mol. The van der Waals surface area contributed by atoms with Crippen LogP contribution >= 0.6 is 15.8 Å². The van der Waals surface area contributed by atoms with Crippen LogP contribution in [0.3, 0.4) is 0 Å². The van der Waals surface area contributed by atoms with Gasteiger partial charge in [-0.15, -0.1) is 12.4 Å². The van der Waals surface area contributed by atoms with Crippen molar-refractivity contribution >= 4 is 15.8 Å². The third-order valence-electron chi connectivity index (χ3n) is 3.89. The van der Waals surface area contributed by atoms with Crippen LogP contribution in [0.15, 0.2) is 24.0 Å². The molecule has 0 saturated heterocycles. The SMILES string of the molecule is CC(C)(C)[PH+](/C=C\[N-]/C=C\[PH+](C(C)(C)C)C(C)(C)C)C(C)(C)C.[PtH+]. The summed E-state index contributed by atoms with van der Waals surface area (Å²) < 4.78 is 0. The number of hydrogen-bond acceptors (Lipinski definition) is 0. The molecular formula is C20H43NP2Pt+2. The van der Waals surface area contributed by atoms with Crippen molar-refractivity contribution in [3.63, 3.8) is 0 Å². The summed E-state index contributed by atoms with van der Waals surface area (Å²) in [6.45, 7) is 28.3. The van der Waals surface area contributed by atoms with Crippen molar-refractivity contribution in [3.05, 3.63) is 29.4 Å². The molecule has 0 bridgehead atoms. The topological polar surface area (TPSA) is 14.1 Å². The minimum atomic E-state index is -0.632. The van der Waals surface area contributed by atoms with Crippen LogP contribution in [0.25, 0.3) is 5.32 Å². The number of nitrogens with zero attached hydrogens (tertiary/aromatic N) is 1. The van der Waals surface area contributed by atoms with Gasteiger partial charge in [-0.25, -0.2) is 0 Å². The van der Waals surface area contributed by atoms with Crippen LogP contribution in [-0.4, -0.2) is 20.6 Å². The molecule has 24 heavy (non-hydrogen) atoms. The molecule has 0 spiro atoms. The van der Waals surface area contributed by atoms with Crippen molar-refractivity contribution in [3.8, 4) is 0 Å². The molecule has 0 aromatic carbocycles. The molecule has 1 radical (unpaired) electrons. The molecule has 0 rings (SSSR count). The Morgan fingerprint density at radius 3 is 0.875 bits per heavy atom. The summed E-state index contributed by atoms with van der Waals surface area (Å²) in [6.07, 6.45) is 4.10. The molecule has 146 valence electrons. The van der Waals surface area contributed by atoms with Gasteiger partial charge in [0.25, 0.3) is 0 Å². The van der Waals surface area contributed by atoms with Crippen LogP contribution in [0.4, 0.5) is 0 Å². The second kappa shape index (κ2) is 9.67. The fourth-order valence-electron chi connectivity index (χ4n) is 3.53. The van der Waals surface area contributed by atoms with Gasteiger partial charge < -0.3 is 5.32 Å². The molecule has 1 nitrogen and oxygen atoms in total. The van der Waals surface area contributed by atoms with Crippen LogP contribution in [0, 0.1) is 0 Å². The van der Waals surface area contributed by atoms with E-state index in [1.807, 2.05) is 12.4 Å². The first-order valence-electron chi connectivity index (χ1n) is 8.76. The van der Waals surface area contributed by atoms with E-state index >= 15 is 0 Å². The Balaban J connectivity index is 0. The predicted molar refractivity (Wildman–Crippen MR) is 119 cm³/mol. The van der Waals surface area contributed by atoms with E-state index < -0.39 is 15.8 Å². The molecule has 0 aromatic rings. The zero-order chi connectivity index (χ0) is 18.7. The number of hydrogen-bond donors (Lipinski definition) is 0. The first-order valence-corrected chi connectivity index (χ1v) is 11.9. The van der Waals surface area contributed by atoms with Crippen molar-refractivity contribution in [1.29, 1.82) is 0 Å². The van der Waals surface area contributed by atoms with Gasteiger partial charge in [0, 0.05) is 27.5 Å². The summed E-state index contributed by atoms with van der Waals surface area (Å²) in [5, 5.41) is 6.00. The Morgan fingerprint density at radius 2 is 0.708 bits per heavy atom. The molecule has 0 aromatic heterocycles. The third-order valence-corrected chi connectivity index (χ3v) is 11.3. The molecule has 0 aliphatic carbocycles. The Labute approximate surface area is 169 Å². The van der Waals surface area contributed by atoms with E-state index in [1.165, 1.54) is 0 Å². The quantitative estimate of drug-likeness (QED) is 0.317. The summed E-state index contributed by atoms with van der Waals surface area (Å²) in [5.41, 5.74) is 0. The average molecular weight is 555 g/mol. The maximum absolute atomic E-state index is 4.59. The molecule has 0 atom stereocenters. The van der Waals surface area contributed by atoms with E-state index in [9.17, 15) is 0 Å². The van der Waals surface area contributed by atoms with Crippen LogP contribution < -0.4 is 0 Å². The third kappa shape index (κ3) is 10.1. The summed E-state index contributed by atoms with van der Waals surface area (Å²) >= 11 is 0. The van der Waals surface area contributed by atoms with E-state index in [-0.39, 0.29) is 21.1 Å². The molecule has 0 aliphatic rings. The van der Waals surface area contributed by atoms with Gasteiger partial charge >= 0.3 is 21.1 Å². The van der Waals surface area contributed by atoms with E-state index in [2.05, 4.69) is 100 Å². The van der Waals surface area contributed by atoms with Gasteiger partial charge in [0.05, 0.1) is 20.6 Å². The van der Waals surface area contributed by atoms with E-state index in [1.54, 1.807) is 0 Å². The molecule has 0 aliphatic heterocycles. The van der Waals surface area contributed by atoms with Gasteiger partial charge in [-0.1, -0.05) is 0 Å². The molecule has 0 N–H and O–H groups in total. The summed E-state index contributed by atoms with van der Waals surface area (Å²) in [6, 6.07) is 0. The second-order valence-corrected chi connectivity index (χ2v) is 18.9.